The van der Waals surface area contributed by atoms with Crippen LogP contribution in [0, 0.1) is 5.82 Å². The normalized spacial score (nSPS) is 16.8. The van der Waals surface area contributed by atoms with Crippen LogP contribution in [0.25, 0.3) is 10.1 Å². The molecule has 1 aliphatic rings. The summed E-state index contributed by atoms with van der Waals surface area (Å²) in [6.07, 6.45) is 4.57. The van der Waals surface area contributed by atoms with Crippen molar-refractivity contribution in [2.24, 2.45) is 0 Å². The Hall–Kier alpha value is -1.95. The van der Waals surface area contributed by atoms with Gasteiger partial charge in [0, 0.05) is 10.7 Å². The van der Waals surface area contributed by atoms with Crippen molar-refractivity contribution in [3.05, 3.63) is 35.0 Å². The third kappa shape index (κ3) is 3.93. The number of amides is 1. The predicted octanol–water partition coefficient (Wildman–Crippen LogP) is 4.03. The zero-order valence-corrected chi connectivity index (χ0v) is 14.3. The van der Waals surface area contributed by atoms with Gasteiger partial charge in [0.15, 0.2) is 6.10 Å². The summed E-state index contributed by atoms with van der Waals surface area (Å²) in [5, 5.41) is 3.73. The van der Waals surface area contributed by atoms with E-state index in [1.165, 1.54) is 18.6 Å². The van der Waals surface area contributed by atoms with Gasteiger partial charge in [0.1, 0.15) is 10.7 Å². The van der Waals surface area contributed by atoms with E-state index in [4.69, 9.17) is 4.74 Å². The van der Waals surface area contributed by atoms with Crippen molar-refractivity contribution < 1.29 is 18.7 Å². The van der Waals surface area contributed by atoms with Crippen molar-refractivity contribution in [3.63, 3.8) is 0 Å². The Bertz CT molecular complexity index is 752. The molecule has 0 aliphatic heterocycles. The van der Waals surface area contributed by atoms with Gasteiger partial charge in [0.2, 0.25) is 0 Å². The van der Waals surface area contributed by atoms with Crippen LogP contribution >= 0.6 is 11.3 Å². The van der Waals surface area contributed by atoms with Crippen LogP contribution in [0.3, 0.4) is 0 Å². The van der Waals surface area contributed by atoms with Crippen LogP contribution in [0.4, 0.5) is 4.39 Å². The lowest BCUT2D eigenvalue weighted by molar-refractivity contribution is -0.130. The van der Waals surface area contributed by atoms with E-state index < -0.39 is 12.1 Å². The molecule has 3 rings (SSSR count). The summed E-state index contributed by atoms with van der Waals surface area (Å²) in [5.41, 5.74) is 0. The molecule has 1 saturated carbocycles. The second kappa shape index (κ2) is 7.30. The van der Waals surface area contributed by atoms with Crippen LogP contribution in [0.1, 0.15) is 48.7 Å². The molecule has 4 nitrogen and oxygen atoms in total. The van der Waals surface area contributed by atoms with Gasteiger partial charge in [-0.2, -0.15) is 0 Å². The molecule has 0 bridgehead atoms. The van der Waals surface area contributed by atoms with Gasteiger partial charge in [-0.1, -0.05) is 25.3 Å². The van der Waals surface area contributed by atoms with Crippen LogP contribution in [0.2, 0.25) is 0 Å². The number of esters is 1. The predicted molar refractivity (Wildman–Crippen MR) is 91.7 cm³/mol. The average molecular weight is 349 g/mol. The smallest absolute Gasteiger partial charge is 0.349 e. The molecule has 1 amide bonds. The van der Waals surface area contributed by atoms with Gasteiger partial charge in [-0.15, -0.1) is 11.3 Å². The number of hydrogen-bond acceptors (Lipinski definition) is 4. The molecule has 1 atom stereocenters. The van der Waals surface area contributed by atoms with E-state index in [9.17, 15) is 14.0 Å². The number of benzene rings is 1. The Balaban J connectivity index is 1.60. The van der Waals surface area contributed by atoms with Crippen molar-refractivity contribution in [2.45, 2.75) is 51.2 Å². The van der Waals surface area contributed by atoms with Gasteiger partial charge >= 0.3 is 5.97 Å². The van der Waals surface area contributed by atoms with Crippen molar-refractivity contribution in [2.75, 3.05) is 0 Å². The number of nitrogens with one attached hydrogen (secondary N) is 1. The third-order valence-corrected chi connectivity index (χ3v) is 5.37. The quantitative estimate of drug-likeness (QED) is 0.848. The molecule has 1 heterocycles. The summed E-state index contributed by atoms with van der Waals surface area (Å²) in [5.74, 6) is -1.16. The molecule has 0 unspecified atom stereocenters. The van der Waals surface area contributed by atoms with Crippen molar-refractivity contribution in [1.29, 1.82) is 0 Å². The SMILES string of the molecule is C[C@H](OC(=O)c1cc2ccc(F)cc2s1)C(=O)NC1CCCCC1. The fraction of sp³-hybridized carbons (Fsp3) is 0.444. The summed E-state index contributed by atoms with van der Waals surface area (Å²) < 4.78 is 19.2. The second-order valence-corrected chi connectivity index (χ2v) is 7.27. The highest BCUT2D eigenvalue weighted by atomic mass is 32.1. The van der Waals surface area contributed by atoms with Crippen LogP contribution in [-0.2, 0) is 9.53 Å². The molecule has 1 aromatic carbocycles. The van der Waals surface area contributed by atoms with E-state index in [0.717, 1.165) is 42.4 Å². The van der Waals surface area contributed by atoms with E-state index >= 15 is 0 Å². The van der Waals surface area contributed by atoms with Crippen molar-refractivity contribution >= 4 is 33.3 Å². The monoisotopic (exact) mass is 349 g/mol. The molecule has 24 heavy (non-hydrogen) atoms. The van der Waals surface area contributed by atoms with Gasteiger partial charge in [0.05, 0.1) is 0 Å². The maximum absolute atomic E-state index is 13.2. The number of halogens is 1. The minimum atomic E-state index is -0.846. The number of ether oxygens (including phenoxy) is 1. The minimum absolute atomic E-state index is 0.180. The van der Waals surface area contributed by atoms with E-state index in [2.05, 4.69) is 5.32 Å². The van der Waals surface area contributed by atoms with E-state index in [-0.39, 0.29) is 17.8 Å². The maximum Gasteiger partial charge on any atom is 0.349 e. The number of carbonyl (C=O) groups is 2. The Morgan fingerprint density at radius 1 is 1.25 bits per heavy atom. The molecule has 1 fully saturated rings. The average Bonchev–Trinajstić information content (AvgIpc) is 2.99. The van der Waals surface area contributed by atoms with Gasteiger partial charge in [-0.25, -0.2) is 9.18 Å². The molecular formula is C18H20FNO3S. The highest BCUT2D eigenvalue weighted by molar-refractivity contribution is 7.20. The second-order valence-electron chi connectivity index (χ2n) is 6.18. The number of thiophene rings is 1. The molecule has 2 aromatic rings. The van der Waals surface area contributed by atoms with Crippen LogP contribution in [0.5, 0.6) is 0 Å². The van der Waals surface area contributed by atoms with E-state index in [0.29, 0.717) is 9.58 Å². The Morgan fingerprint density at radius 2 is 2.00 bits per heavy atom. The maximum atomic E-state index is 13.2. The fourth-order valence-corrected chi connectivity index (χ4v) is 3.91. The molecular weight excluding hydrogens is 329 g/mol. The van der Waals surface area contributed by atoms with Crippen molar-refractivity contribution in [3.8, 4) is 0 Å². The van der Waals surface area contributed by atoms with Crippen LogP contribution in [0.15, 0.2) is 24.3 Å². The van der Waals surface area contributed by atoms with Crippen LogP contribution < -0.4 is 5.32 Å². The third-order valence-electron chi connectivity index (χ3n) is 4.29. The first-order valence-electron chi connectivity index (χ1n) is 8.23. The summed E-state index contributed by atoms with van der Waals surface area (Å²) in [7, 11) is 0. The lowest BCUT2D eigenvalue weighted by atomic mass is 9.95. The molecule has 0 radical (unpaired) electrons. The molecule has 0 saturated heterocycles. The summed E-state index contributed by atoms with van der Waals surface area (Å²) in [6.45, 7) is 1.57. The number of hydrogen-bond donors (Lipinski definition) is 1. The molecule has 1 aliphatic carbocycles. The number of rotatable bonds is 4. The zero-order valence-electron chi connectivity index (χ0n) is 13.5. The number of fused-ring (bicyclic) bond motifs is 1. The first-order valence-corrected chi connectivity index (χ1v) is 9.05. The van der Waals surface area contributed by atoms with Gasteiger partial charge < -0.3 is 10.1 Å². The van der Waals surface area contributed by atoms with E-state index in [1.807, 2.05) is 0 Å². The standard InChI is InChI=1S/C18H20FNO3S/c1-11(17(21)20-14-5-3-2-4-6-14)23-18(22)16-9-12-7-8-13(19)10-15(12)24-16/h7-11,14H,2-6H2,1H3,(H,20,21)/t11-/m0/s1. The zero-order chi connectivity index (χ0) is 17.1. The first-order chi connectivity index (χ1) is 11.5. The molecule has 128 valence electrons. The minimum Gasteiger partial charge on any atom is -0.448 e. The molecule has 6 heteroatoms. The molecule has 0 spiro atoms. The van der Waals surface area contributed by atoms with Crippen molar-refractivity contribution in [1.82, 2.24) is 5.32 Å². The van der Waals surface area contributed by atoms with Crippen LogP contribution in [-0.4, -0.2) is 24.0 Å². The van der Waals surface area contributed by atoms with Gasteiger partial charge in [-0.3, -0.25) is 4.79 Å². The lowest BCUT2D eigenvalue weighted by Crippen LogP contribution is -2.42. The summed E-state index contributed by atoms with van der Waals surface area (Å²) in [6, 6.07) is 6.20. The fourth-order valence-electron chi connectivity index (χ4n) is 2.94. The molecule has 1 aromatic heterocycles. The largest absolute Gasteiger partial charge is 0.448 e. The van der Waals surface area contributed by atoms with Gasteiger partial charge in [-0.05, 0) is 43.4 Å². The summed E-state index contributed by atoms with van der Waals surface area (Å²) >= 11 is 1.16. The number of carbonyl (C=O) groups excluding carboxylic acids is 2. The first kappa shape index (κ1) is 16.9. The Morgan fingerprint density at radius 3 is 2.75 bits per heavy atom. The highest BCUT2D eigenvalue weighted by Crippen LogP contribution is 2.27. The van der Waals surface area contributed by atoms with Gasteiger partial charge in [0.25, 0.3) is 5.91 Å². The Kier molecular flexibility index (Phi) is 5.14. The van der Waals surface area contributed by atoms with E-state index in [1.54, 1.807) is 19.1 Å². The topological polar surface area (TPSA) is 55.4 Å². The summed E-state index contributed by atoms with van der Waals surface area (Å²) in [4.78, 5) is 24.7. The highest BCUT2D eigenvalue weighted by Gasteiger charge is 2.23. The molecule has 1 N–H and O–H groups in total. The Labute approximate surface area is 144 Å². The lowest BCUT2D eigenvalue weighted by Gasteiger charge is -2.24.